The monoisotopic (exact) mass is 160 g/mol. The van der Waals surface area contributed by atoms with Gasteiger partial charge >= 0.3 is 0 Å². The Balaban J connectivity index is 3.17. The number of rotatable bonds is 5. The summed E-state index contributed by atoms with van der Waals surface area (Å²) in [5.41, 5.74) is 5.06. The van der Waals surface area contributed by atoms with Crippen LogP contribution in [-0.4, -0.2) is 23.8 Å². The third-order valence-electron chi connectivity index (χ3n) is 1.24. The van der Waals surface area contributed by atoms with Crippen molar-refractivity contribution in [3.63, 3.8) is 0 Å². The molecule has 0 spiro atoms. The van der Waals surface area contributed by atoms with Crippen LogP contribution in [0.5, 0.6) is 0 Å². The number of carbonyl (C=O) groups is 1. The average Bonchev–Trinajstić information content (AvgIpc) is 1.87. The highest BCUT2D eigenvalue weighted by atomic mass is 16.3. The van der Waals surface area contributed by atoms with Crippen LogP contribution in [0.25, 0.3) is 0 Å². The normalized spacial score (nSPS) is 12.6. The molecule has 0 aromatic carbocycles. The Hall–Kier alpha value is -0.610. The number of nitrogens with one attached hydrogen (secondary N) is 1. The average molecular weight is 160 g/mol. The quantitative estimate of drug-likeness (QED) is 0.478. The van der Waals surface area contributed by atoms with E-state index in [1.54, 1.807) is 0 Å². The molecule has 0 aromatic heterocycles. The van der Waals surface area contributed by atoms with Gasteiger partial charge in [-0.3, -0.25) is 4.79 Å². The summed E-state index contributed by atoms with van der Waals surface area (Å²) in [7, 11) is 0. The molecule has 1 atom stereocenters. The Bertz CT molecular complexity index is 115. The molecule has 0 rings (SSSR count). The molecule has 1 unspecified atom stereocenters. The second-order valence-electron chi connectivity index (χ2n) is 2.46. The highest BCUT2D eigenvalue weighted by Gasteiger charge is 1.99. The molecule has 0 bridgehead atoms. The first-order chi connectivity index (χ1) is 5.16. The first kappa shape index (κ1) is 10.4. The number of carbonyl (C=O) groups excluding carboxylic acids is 1. The summed E-state index contributed by atoms with van der Waals surface area (Å²) < 4.78 is 0. The highest BCUT2D eigenvalue weighted by Crippen LogP contribution is 1.86. The van der Waals surface area contributed by atoms with Gasteiger partial charge in [-0.15, -0.1) is 0 Å². The molecule has 0 radical (unpaired) electrons. The standard InChI is InChI=1S/C7H16N2O2/c1-2-3-7(11)9-5-4-6(8)10/h6,10H,2-5,8H2,1H3,(H,9,11). The van der Waals surface area contributed by atoms with Crippen LogP contribution in [0.1, 0.15) is 26.2 Å². The predicted octanol–water partition coefficient (Wildman–Crippen LogP) is -0.430. The van der Waals surface area contributed by atoms with Gasteiger partial charge in [0.05, 0.1) is 0 Å². The number of aliphatic hydroxyl groups is 1. The molecule has 0 saturated carbocycles. The van der Waals surface area contributed by atoms with Gasteiger partial charge in [0.25, 0.3) is 0 Å². The minimum absolute atomic E-state index is 0.0214. The maximum absolute atomic E-state index is 10.8. The van der Waals surface area contributed by atoms with Crippen LogP contribution >= 0.6 is 0 Å². The summed E-state index contributed by atoms with van der Waals surface area (Å²) in [6.45, 7) is 2.40. The SMILES string of the molecule is CCCC(=O)NCCC(N)O. The first-order valence-electron chi connectivity index (χ1n) is 3.87. The zero-order valence-corrected chi connectivity index (χ0v) is 6.84. The molecule has 0 aromatic rings. The van der Waals surface area contributed by atoms with E-state index in [0.717, 1.165) is 6.42 Å². The number of hydrogen-bond donors (Lipinski definition) is 3. The lowest BCUT2D eigenvalue weighted by molar-refractivity contribution is -0.121. The third kappa shape index (κ3) is 7.29. The van der Waals surface area contributed by atoms with E-state index in [9.17, 15) is 4.79 Å². The van der Waals surface area contributed by atoms with Gasteiger partial charge in [-0.2, -0.15) is 0 Å². The number of amides is 1. The minimum atomic E-state index is -0.822. The Morgan fingerprint density at radius 2 is 2.36 bits per heavy atom. The molecular weight excluding hydrogens is 144 g/mol. The lowest BCUT2D eigenvalue weighted by Crippen LogP contribution is -2.29. The summed E-state index contributed by atoms with van der Waals surface area (Å²) >= 11 is 0. The van der Waals surface area contributed by atoms with E-state index in [4.69, 9.17) is 10.8 Å². The van der Waals surface area contributed by atoms with Crippen LogP contribution in [0.3, 0.4) is 0 Å². The Labute approximate surface area is 66.8 Å². The van der Waals surface area contributed by atoms with Crippen molar-refractivity contribution >= 4 is 5.91 Å². The molecule has 0 aliphatic carbocycles. The van der Waals surface area contributed by atoms with Crippen molar-refractivity contribution in [3.8, 4) is 0 Å². The Morgan fingerprint density at radius 1 is 1.73 bits per heavy atom. The fourth-order valence-corrected chi connectivity index (χ4v) is 0.675. The number of nitrogens with two attached hydrogens (primary N) is 1. The third-order valence-corrected chi connectivity index (χ3v) is 1.24. The summed E-state index contributed by atoms with van der Waals surface area (Å²) in [6, 6.07) is 0. The van der Waals surface area contributed by atoms with Crippen LogP contribution in [0.2, 0.25) is 0 Å². The molecule has 11 heavy (non-hydrogen) atoms. The van der Waals surface area contributed by atoms with Gasteiger partial charge < -0.3 is 16.2 Å². The van der Waals surface area contributed by atoms with E-state index in [0.29, 0.717) is 19.4 Å². The van der Waals surface area contributed by atoms with Gasteiger partial charge in [-0.1, -0.05) is 6.92 Å². The van der Waals surface area contributed by atoms with Crippen LogP contribution in [-0.2, 0) is 4.79 Å². The Kier molecular flexibility index (Phi) is 5.78. The molecule has 4 N–H and O–H groups in total. The second kappa shape index (κ2) is 6.12. The van der Waals surface area contributed by atoms with Crippen molar-refractivity contribution in [2.24, 2.45) is 5.73 Å². The van der Waals surface area contributed by atoms with Crippen molar-refractivity contribution in [2.75, 3.05) is 6.54 Å². The zero-order chi connectivity index (χ0) is 8.69. The van der Waals surface area contributed by atoms with Crippen molar-refractivity contribution in [3.05, 3.63) is 0 Å². The van der Waals surface area contributed by atoms with Crippen LogP contribution in [0, 0.1) is 0 Å². The summed E-state index contributed by atoms with van der Waals surface area (Å²) in [4.78, 5) is 10.8. The highest BCUT2D eigenvalue weighted by molar-refractivity contribution is 5.75. The topological polar surface area (TPSA) is 75.4 Å². The molecule has 66 valence electrons. The van der Waals surface area contributed by atoms with Gasteiger partial charge in [0.15, 0.2) is 0 Å². The van der Waals surface area contributed by atoms with Gasteiger partial charge in [-0.05, 0) is 6.42 Å². The molecule has 1 amide bonds. The molecule has 0 saturated heterocycles. The van der Waals surface area contributed by atoms with Crippen LogP contribution < -0.4 is 11.1 Å². The maximum atomic E-state index is 10.8. The molecule has 0 heterocycles. The fourth-order valence-electron chi connectivity index (χ4n) is 0.675. The molecular formula is C7H16N2O2. The Morgan fingerprint density at radius 3 is 2.82 bits per heavy atom. The van der Waals surface area contributed by atoms with Crippen molar-refractivity contribution < 1.29 is 9.90 Å². The van der Waals surface area contributed by atoms with Crippen molar-refractivity contribution in [1.29, 1.82) is 0 Å². The molecule has 4 heteroatoms. The molecule has 0 fully saturated rings. The fraction of sp³-hybridized carbons (Fsp3) is 0.857. The number of hydrogen-bond acceptors (Lipinski definition) is 3. The second-order valence-corrected chi connectivity index (χ2v) is 2.46. The predicted molar refractivity (Wildman–Crippen MR) is 42.7 cm³/mol. The van der Waals surface area contributed by atoms with E-state index >= 15 is 0 Å². The van der Waals surface area contributed by atoms with Gasteiger partial charge in [-0.25, -0.2) is 0 Å². The lowest BCUT2D eigenvalue weighted by atomic mass is 10.3. The summed E-state index contributed by atoms with van der Waals surface area (Å²) in [6.07, 6.45) is 0.976. The van der Waals surface area contributed by atoms with Crippen molar-refractivity contribution in [2.45, 2.75) is 32.4 Å². The van der Waals surface area contributed by atoms with Gasteiger partial charge in [0.2, 0.25) is 5.91 Å². The minimum Gasteiger partial charge on any atom is -0.379 e. The first-order valence-corrected chi connectivity index (χ1v) is 3.87. The summed E-state index contributed by atoms with van der Waals surface area (Å²) in [5, 5.41) is 11.3. The van der Waals surface area contributed by atoms with E-state index < -0.39 is 6.23 Å². The van der Waals surface area contributed by atoms with E-state index in [2.05, 4.69) is 5.32 Å². The summed E-state index contributed by atoms with van der Waals surface area (Å²) in [5.74, 6) is 0.0214. The molecule has 0 aliphatic heterocycles. The van der Waals surface area contributed by atoms with E-state index in [1.165, 1.54) is 0 Å². The van der Waals surface area contributed by atoms with E-state index in [1.807, 2.05) is 6.92 Å². The van der Waals surface area contributed by atoms with Crippen LogP contribution in [0.15, 0.2) is 0 Å². The zero-order valence-electron chi connectivity index (χ0n) is 6.84. The number of aliphatic hydroxyl groups excluding tert-OH is 1. The lowest BCUT2D eigenvalue weighted by Gasteiger charge is -2.05. The molecule has 0 aliphatic rings. The maximum Gasteiger partial charge on any atom is 0.219 e. The van der Waals surface area contributed by atoms with Gasteiger partial charge in [0.1, 0.15) is 6.23 Å². The smallest absolute Gasteiger partial charge is 0.219 e. The van der Waals surface area contributed by atoms with Crippen LogP contribution in [0.4, 0.5) is 0 Å². The van der Waals surface area contributed by atoms with Gasteiger partial charge in [0, 0.05) is 19.4 Å². The largest absolute Gasteiger partial charge is 0.379 e. The van der Waals surface area contributed by atoms with Crippen molar-refractivity contribution in [1.82, 2.24) is 5.32 Å². The van der Waals surface area contributed by atoms with E-state index in [-0.39, 0.29) is 5.91 Å². The molecule has 4 nitrogen and oxygen atoms in total.